The van der Waals surface area contributed by atoms with Gasteiger partial charge in [0.15, 0.2) is 5.16 Å². The molecule has 1 aliphatic rings. The third-order valence-electron chi connectivity index (χ3n) is 3.78. The molecule has 0 radical (unpaired) electrons. The van der Waals surface area contributed by atoms with E-state index in [9.17, 15) is 0 Å². The summed E-state index contributed by atoms with van der Waals surface area (Å²) in [5, 5.41) is 1.09. The first-order valence-electron chi connectivity index (χ1n) is 7.18. The molecule has 3 aromatic rings. The van der Waals surface area contributed by atoms with Crippen molar-refractivity contribution in [2.75, 3.05) is 5.75 Å². The van der Waals surface area contributed by atoms with Gasteiger partial charge in [-0.25, -0.2) is 4.98 Å². The van der Waals surface area contributed by atoms with E-state index in [1.54, 1.807) is 0 Å². The monoisotopic (exact) mass is 325 g/mol. The molecule has 1 aliphatic heterocycles. The zero-order valence-electron chi connectivity index (χ0n) is 12.2. The van der Waals surface area contributed by atoms with Crippen LogP contribution in [-0.2, 0) is 6.54 Å². The van der Waals surface area contributed by atoms with Crippen molar-refractivity contribution in [2.24, 2.45) is 0 Å². The van der Waals surface area contributed by atoms with Gasteiger partial charge in [0.05, 0.1) is 17.1 Å². The smallest absolute Gasteiger partial charge is 0.169 e. The van der Waals surface area contributed by atoms with Crippen molar-refractivity contribution in [3.8, 4) is 22.6 Å². The van der Waals surface area contributed by atoms with Crippen LogP contribution >= 0.6 is 24.4 Å². The van der Waals surface area contributed by atoms with Crippen molar-refractivity contribution in [2.45, 2.75) is 23.5 Å². The Morgan fingerprint density at radius 2 is 2.00 bits per heavy atom. The largest absolute Gasteiger partial charge is 0.316 e. The van der Waals surface area contributed by atoms with Crippen LogP contribution in [-0.4, -0.2) is 20.3 Å². The van der Waals surface area contributed by atoms with Gasteiger partial charge < -0.3 is 4.57 Å². The number of thiol groups is 1. The summed E-state index contributed by atoms with van der Waals surface area (Å²) in [6.45, 7) is 3.08. The van der Waals surface area contributed by atoms with Crippen molar-refractivity contribution < 1.29 is 0 Å². The third-order valence-corrected chi connectivity index (χ3v) is 5.03. The average Bonchev–Trinajstić information content (AvgIpc) is 3.08. The van der Waals surface area contributed by atoms with Crippen LogP contribution in [0.25, 0.3) is 22.6 Å². The Hall–Kier alpha value is -1.72. The first-order chi connectivity index (χ1) is 10.7. The highest BCUT2D eigenvalue weighted by Crippen LogP contribution is 2.38. The molecule has 0 aliphatic carbocycles. The minimum Gasteiger partial charge on any atom is -0.316 e. The number of hydrogen-bond acceptors (Lipinski definition) is 4. The predicted molar refractivity (Wildman–Crippen MR) is 93.6 cm³/mol. The summed E-state index contributed by atoms with van der Waals surface area (Å²) in [6.07, 6.45) is 1.87. The zero-order chi connectivity index (χ0) is 15.1. The van der Waals surface area contributed by atoms with Crippen LogP contribution in [0.5, 0.6) is 0 Å². The maximum Gasteiger partial charge on any atom is 0.169 e. The third kappa shape index (κ3) is 2.34. The molecule has 0 saturated carbocycles. The number of aromatic nitrogens is 3. The Morgan fingerprint density at radius 3 is 2.77 bits per heavy atom. The van der Waals surface area contributed by atoms with E-state index in [4.69, 9.17) is 4.98 Å². The highest BCUT2D eigenvalue weighted by molar-refractivity contribution is 7.99. The first kappa shape index (κ1) is 13.9. The number of pyridine rings is 1. The maximum absolute atomic E-state index is 4.86. The Labute approximate surface area is 139 Å². The van der Waals surface area contributed by atoms with E-state index < -0.39 is 0 Å². The number of aryl methyl sites for hydroxylation is 1. The Bertz CT molecular complexity index is 838. The van der Waals surface area contributed by atoms with E-state index in [1.165, 1.54) is 5.56 Å². The lowest BCUT2D eigenvalue weighted by Crippen LogP contribution is -1.99. The fraction of sp³-hybridized carbons (Fsp3) is 0.176. The highest BCUT2D eigenvalue weighted by Gasteiger charge is 2.24. The second-order valence-electron chi connectivity index (χ2n) is 5.36. The van der Waals surface area contributed by atoms with Crippen LogP contribution in [0.2, 0.25) is 0 Å². The molecule has 2 aromatic heterocycles. The first-order valence-corrected chi connectivity index (χ1v) is 8.61. The zero-order valence-corrected chi connectivity index (χ0v) is 13.9. The van der Waals surface area contributed by atoms with Gasteiger partial charge in [-0.1, -0.05) is 23.9 Å². The van der Waals surface area contributed by atoms with Crippen LogP contribution in [0.3, 0.4) is 0 Å². The molecule has 0 N–H and O–H groups in total. The van der Waals surface area contributed by atoms with Crippen LogP contribution in [0.4, 0.5) is 0 Å². The molecule has 5 heteroatoms. The molecule has 0 fully saturated rings. The molecular formula is C17H15N3S2. The molecule has 4 rings (SSSR count). The number of rotatable bonds is 2. The summed E-state index contributed by atoms with van der Waals surface area (Å²) in [4.78, 5) is 10.4. The van der Waals surface area contributed by atoms with E-state index in [0.29, 0.717) is 0 Å². The molecular weight excluding hydrogens is 310 g/mol. The Morgan fingerprint density at radius 1 is 1.18 bits per heavy atom. The average molecular weight is 325 g/mol. The number of hydrogen-bond donors (Lipinski definition) is 1. The molecule has 110 valence electrons. The van der Waals surface area contributed by atoms with Gasteiger partial charge in [-0.2, -0.15) is 0 Å². The van der Waals surface area contributed by atoms with Gasteiger partial charge in [-0.3, -0.25) is 4.98 Å². The van der Waals surface area contributed by atoms with E-state index >= 15 is 0 Å². The lowest BCUT2D eigenvalue weighted by molar-refractivity contribution is 0.724. The SMILES string of the molecule is Cc1ccnc(-c2c(-c3ccc(S)cc3)nc3n2CCS3)c1. The van der Waals surface area contributed by atoms with Gasteiger partial charge in [-0.05, 0) is 36.8 Å². The molecule has 0 saturated heterocycles. The van der Waals surface area contributed by atoms with Crippen molar-refractivity contribution in [1.82, 2.24) is 14.5 Å². The second kappa shape index (κ2) is 5.48. The summed E-state index contributed by atoms with van der Waals surface area (Å²) < 4.78 is 2.29. The minimum atomic E-state index is 0.958. The normalized spacial score (nSPS) is 13.4. The number of thioether (sulfide) groups is 1. The van der Waals surface area contributed by atoms with Gasteiger partial charge >= 0.3 is 0 Å². The lowest BCUT2D eigenvalue weighted by atomic mass is 10.1. The Kier molecular flexibility index (Phi) is 3.47. The molecule has 0 atom stereocenters. The number of nitrogens with zero attached hydrogens (tertiary/aromatic N) is 3. The molecule has 0 unspecified atom stereocenters. The fourth-order valence-corrected chi connectivity index (χ4v) is 3.82. The van der Waals surface area contributed by atoms with E-state index in [-0.39, 0.29) is 0 Å². The number of fused-ring (bicyclic) bond motifs is 1. The van der Waals surface area contributed by atoms with Crippen LogP contribution in [0.1, 0.15) is 5.56 Å². The van der Waals surface area contributed by atoms with E-state index in [1.807, 2.05) is 36.2 Å². The second-order valence-corrected chi connectivity index (χ2v) is 6.94. The van der Waals surface area contributed by atoms with Crippen LogP contribution < -0.4 is 0 Å². The number of benzene rings is 1. The van der Waals surface area contributed by atoms with Crippen LogP contribution in [0, 0.1) is 6.92 Å². The van der Waals surface area contributed by atoms with E-state index in [0.717, 1.165) is 45.0 Å². The topological polar surface area (TPSA) is 30.7 Å². The molecule has 22 heavy (non-hydrogen) atoms. The van der Waals surface area contributed by atoms with Gasteiger partial charge in [0.1, 0.15) is 0 Å². The molecule has 0 bridgehead atoms. The standard InChI is InChI=1S/C17H15N3S2/c1-11-6-7-18-14(10-11)16-15(12-2-4-13(21)5-3-12)19-17-20(16)8-9-22-17/h2-7,10,21H,8-9H2,1H3. The molecule has 1 aromatic carbocycles. The summed E-state index contributed by atoms with van der Waals surface area (Å²) in [5.74, 6) is 1.08. The van der Waals surface area contributed by atoms with Crippen LogP contribution in [0.15, 0.2) is 52.6 Å². The molecule has 3 nitrogen and oxygen atoms in total. The summed E-state index contributed by atoms with van der Waals surface area (Å²) in [5.41, 5.74) is 5.44. The van der Waals surface area contributed by atoms with Gasteiger partial charge in [0, 0.05) is 29.0 Å². The van der Waals surface area contributed by atoms with Crippen molar-refractivity contribution in [3.63, 3.8) is 0 Å². The molecule has 0 spiro atoms. The minimum absolute atomic E-state index is 0.958. The van der Waals surface area contributed by atoms with Crippen molar-refractivity contribution >= 4 is 24.4 Å². The summed E-state index contributed by atoms with van der Waals surface area (Å²) in [7, 11) is 0. The van der Waals surface area contributed by atoms with Gasteiger partial charge in [0.25, 0.3) is 0 Å². The maximum atomic E-state index is 4.86. The highest BCUT2D eigenvalue weighted by atomic mass is 32.2. The van der Waals surface area contributed by atoms with Gasteiger partial charge in [0.2, 0.25) is 0 Å². The summed E-state index contributed by atoms with van der Waals surface area (Å²) >= 11 is 6.17. The van der Waals surface area contributed by atoms with Crippen molar-refractivity contribution in [1.29, 1.82) is 0 Å². The van der Waals surface area contributed by atoms with Gasteiger partial charge in [-0.15, -0.1) is 12.6 Å². The molecule has 0 amide bonds. The number of imidazole rings is 1. The van der Waals surface area contributed by atoms with Crippen molar-refractivity contribution in [3.05, 3.63) is 48.2 Å². The summed E-state index contributed by atoms with van der Waals surface area (Å²) in [6, 6.07) is 12.3. The van der Waals surface area contributed by atoms with E-state index in [2.05, 4.69) is 47.3 Å². The lowest BCUT2D eigenvalue weighted by Gasteiger charge is -2.08. The fourth-order valence-electron chi connectivity index (χ4n) is 2.72. The Balaban J connectivity index is 1.94. The predicted octanol–water partition coefficient (Wildman–Crippen LogP) is 4.31. The quantitative estimate of drug-likeness (QED) is 0.712. The molecule has 3 heterocycles.